The molecule has 0 aliphatic rings. The molecule has 14 nitrogen and oxygen atoms in total. The Hall–Kier alpha value is -2.65. The molecule has 0 spiro atoms. The third kappa shape index (κ3) is 45.2. The molecule has 0 saturated heterocycles. The van der Waals surface area contributed by atoms with Gasteiger partial charge >= 0.3 is 10.4 Å². The molecule has 0 bridgehead atoms. The van der Waals surface area contributed by atoms with Crippen LogP contribution < -0.4 is 33.6 Å². The van der Waals surface area contributed by atoms with Crippen molar-refractivity contribution in [1.29, 1.82) is 10.8 Å². The van der Waals surface area contributed by atoms with Gasteiger partial charge in [-0.05, 0) is 12.8 Å². The van der Waals surface area contributed by atoms with Crippen LogP contribution in [-0.2, 0) is 10.4 Å². The van der Waals surface area contributed by atoms with E-state index in [1.807, 2.05) is 0 Å². The first-order valence-electron chi connectivity index (χ1n) is 7.85. The zero-order valence-electron chi connectivity index (χ0n) is 15.6. The molecular formula is C12H32N10O4S. The van der Waals surface area contributed by atoms with E-state index in [9.17, 15) is 0 Å². The van der Waals surface area contributed by atoms with Gasteiger partial charge in [-0.3, -0.25) is 40.5 Å². The lowest BCUT2D eigenvalue weighted by Gasteiger charge is -2.00. The molecule has 0 fully saturated rings. The van der Waals surface area contributed by atoms with Crippen molar-refractivity contribution in [2.45, 2.75) is 39.5 Å². The van der Waals surface area contributed by atoms with Crippen molar-refractivity contribution in [3.63, 3.8) is 0 Å². The van der Waals surface area contributed by atoms with Crippen LogP contribution in [0.3, 0.4) is 0 Å². The average molecular weight is 413 g/mol. The molecule has 0 heterocycles. The van der Waals surface area contributed by atoms with Gasteiger partial charge in [-0.2, -0.15) is 8.42 Å². The van der Waals surface area contributed by atoms with Crippen LogP contribution in [0.15, 0.2) is 9.98 Å². The largest absolute Gasteiger partial charge is 0.394 e. The van der Waals surface area contributed by atoms with Gasteiger partial charge in [0, 0.05) is 13.1 Å². The molecular weight excluding hydrogens is 380 g/mol. The zero-order valence-corrected chi connectivity index (χ0v) is 16.4. The maximum atomic E-state index is 8.74. The number of guanidine groups is 4. The number of nitrogens with zero attached hydrogens (tertiary/aromatic N) is 2. The quantitative estimate of drug-likeness (QED) is 0.104. The Kier molecular flexibility index (Phi) is 19.6. The van der Waals surface area contributed by atoms with Gasteiger partial charge in [-0.25, -0.2) is 0 Å². The second-order valence-electron chi connectivity index (χ2n) is 4.77. The molecule has 0 amide bonds. The SMILES string of the molecule is CCCCN=C(N)NC(=N)N.CCCCN=C(N)NC(=N)N.O=S(=O)(O)O. The molecule has 0 saturated carbocycles. The number of hydrogen-bond acceptors (Lipinski definition) is 6. The van der Waals surface area contributed by atoms with E-state index in [1.54, 1.807) is 0 Å². The van der Waals surface area contributed by atoms with Gasteiger partial charge in [0.25, 0.3) is 0 Å². The fourth-order valence-electron chi connectivity index (χ4n) is 1.07. The summed E-state index contributed by atoms with van der Waals surface area (Å²) >= 11 is 0. The van der Waals surface area contributed by atoms with E-state index in [0.717, 1.165) is 25.7 Å². The van der Waals surface area contributed by atoms with Crippen LogP contribution in [0.25, 0.3) is 0 Å². The Labute approximate surface area is 159 Å². The molecule has 0 atom stereocenters. The van der Waals surface area contributed by atoms with Gasteiger partial charge in [0.15, 0.2) is 23.8 Å². The van der Waals surface area contributed by atoms with Gasteiger partial charge in [0.1, 0.15) is 0 Å². The molecule has 14 N–H and O–H groups in total. The van der Waals surface area contributed by atoms with Crippen LogP contribution in [-0.4, -0.2) is 54.5 Å². The van der Waals surface area contributed by atoms with Crippen molar-refractivity contribution >= 4 is 34.2 Å². The van der Waals surface area contributed by atoms with Crippen molar-refractivity contribution < 1.29 is 17.5 Å². The van der Waals surface area contributed by atoms with Crippen molar-refractivity contribution in [1.82, 2.24) is 10.6 Å². The molecule has 160 valence electrons. The van der Waals surface area contributed by atoms with Crippen molar-refractivity contribution in [3.8, 4) is 0 Å². The fraction of sp³-hybridized carbons (Fsp3) is 0.667. The Balaban J connectivity index is -0.000000344. The van der Waals surface area contributed by atoms with E-state index in [4.69, 9.17) is 51.3 Å². The molecule has 0 radical (unpaired) electrons. The molecule has 0 aromatic heterocycles. The van der Waals surface area contributed by atoms with Crippen molar-refractivity contribution in [2.24, 2.45) is 32.9 Å². The Bertz CT molecular complexity index is 533. The minimum absolute atomic E-state index is 0.178. The highest BCUT2D eigenvalue weighted by molar-refractivity contribution is 7.79. The highest BCUT2D eigenvalue weighted by Crippen LogP contribution is 1.85. The summed E-state index contributed by atoms with van der Waals surface area (Å²) in [6.45, 7) is 5.51. The van der Waals surface area contributed by atoms with Crippen LogP contribution >= 0.6 is 0 Å². The summed E-state index contributed by atoms with van der Waals surface area (Å²) in [6, 6.07) is 0. The topological polar surface area (TPSA) is 275 Å². The number of aliphatic imine (C=N–C) groups is 2. The molecule has 0 aliphatic carbocycles. The first-order chi connectivity index (χ1) is 12.3. The predicted molar refractivity (Wildman–Crippen MR) is 107 cm³/mol. The van der Waals surface area contributed by atoms with Gasteiger partial charge < -0.3 is 22.9 Å². The summed E-state index contributed by atoms with van der Waals surface area (Å²) in [7, 11) is -4.67. The van der Waals surface area contributed by atoms with E-state index in [0.29, 0.717) is 13.1 Å². The summed E-state index contributed by atoms with van der Waals surface area (Å²) in [6.07, 6.45) is 4.16. The molecule has 0 unspecified atom stereocenters. The minimum atomic E-state index is -4.67. The molecule has 27 heavy (non-hydrogen) atoms. The van der Waals surface area contributed by atoms with Crippen LogP contribution in [0.5, 0.6) is 0 Å². The third-order valence-electron chi connectivity index (χ3n) is 2.11. The van der Waals surface area contributed by atoms with Crippen molar-refractivity contribution in [2.75, 3.05) is 13.1 Å². The summed E-state index contributed by atoms with van der Waals surface area (Å²) in [5, 5.41) is 18.4. The maximum absolute atomic E-state index is 8.74. The Morgan fingerprint density at radius 3 is 1.30 bits per heavy atom. The monoisotopic (exact) mass is 412 g/mol. The molecule has 0 aromatic rings. The lowest BCUT2D eigenvalue weighted by Crippen LogP contribution is -2.40. The number of rotatable bonds is 6. The van der Waals surface area contributed by atoms with Crippen LogP contribution in [0.1, 0.15) is 39.5 Å². The van der Waals surface area contributed by atoms with E-state index in [1.165, 1.54) is 0 Å². The summed E-state index contributed by atoms with van der Waals surface area (Å²) < 4.78 is 31.6. The minimum Gasteiger partial charge on any atom is -0.370 e. The highest BCUT2D eigenvalue weighted by atomic mass is 32.3. The second kappa shape index (κ2) is 18.2. The van der Waals surface area contributed by atoms with Crippen molar-refractivity contribution in [3.05, 3.63) is 0 Å². The predicted octanol–water partition coefficient (Wildman–Crippen LogP) is -1.48. The smallest absolute Gasteiger partial charge is 0.370 e. The lowest BCUT2D eigenvalue weighted by molar-refractivity contribution is 0.381. The fourth-order valence-corrected chi connectivity index (χ4v) is 1.07. The van der Waals surface area contributed by atoms with E-state index >= 15 is 0 Å². The van der Waals surface area contributed by atoms with Crippen LogP contribution in [0, 0.1) is 10.8 Å². The second-order valence-corrected chi connectivity index (χ2v) is 5.66. The van der Waals surface area contributed by atoms with E-state index < -0.39 is 10.4 Å². The highest BCUT2D eigenvalue weighted by Gasteiger charge is 1.91. The Morgan fingerprint density at radius 1 is 0.852 bits per heavy atom. The van der Waals surface area contributed by atoms with Crippen LogP contribution in [0.4, 0.5) is 0 Å². The Morgan fingerprint density at radius 2 is 1.11 bits per heavy atom. The molecule has 0 aliphatic heterocycles. The third-order valence-corrected chi connectivity index (χ3v) is 2.11. The molecule has 0 rings (SSSR count). The number of nitrogens with two attached hydrogens (primary N) is 4. The maximum Gasteiger partial charge on any atom is 0.394 e. The lowest BCUT2D eigenvalue weighted by atomic mass is 10.3. The normalized spacial score (nSPS) is 11.3. The summed E-state index contributed by atoms with van der Waals surface area (Å²) in [4.78, 5) is 7.83. The van der Waals surface area contributed by atoms with Gasteiger partial charge in [-0.15, -0.1) is 0 Å². The van der Waals surface area contributed by atoms with E-state index in [2.05, 4.69) is 34.5 Å². The summed E-state index contributed by atoms with van der Waals surface area (Å²) in [5.41, 5.74) is 20.7. The van der Waals surface area contributed by atoms with Gasteiger partial charge in [-0.1, -0.05) is 26.7 Å². The molecule has 0 aromatic carbocycles. The van der Waals surface area contributed by atoms with Gasteiger partial charge in [0.05, 0.1) is 0 Å². The number of hydrogen-bond donors (Lipinski definition) is 10. The standard InChI is InChI=1S/2C6H15N5.H2O4S/c2*1-2-3-4-10-6(9)11-5(7)8;1-5(2,3)4/h2*2-4H2,1H3,(H6,7,8,9,10,11);(H2,1,2,3,4). The first kappa shape index (κ1) is 29.1. The van der Waals surface area contributed by atoms with Gasteiger partial charge in [0.2, 0.25) is 0 Å². The first-order valence-corrected chi connectivity index (χ1v) is 9.24. The number of unbranched alkanes of at least 4 members (excludes halogenated alkanes) is 2. The van der Waals surface area contributed by atoms with E-state index in [-0.39, 0.29) is 23.8 Å². The zero-order chi connectivity index (χ0) is 21.9. The molecule has 15 heteroatoms. The average Bonchev–Trinajstić information content (AvgIpc) is 2.45. The number of nitrogens with one attached hydrogen (secondary N) is 4. The van der Waals surface area contributed by atoms with Crippen LogP contribution in [0.2, 0.25) is 0 Å². The summed E-state index contributed by atoms with van der Waals surface area (Å²) in [5.74, 6) is 0.0717.